The Morgan fingerprint density at radius 3 is 1.12 bits per heavy atom. The SMILES string of the molecule is CCCCCC(O)O.O=C(O)CCC(=O)O.O=C(O)CCC(=O)O. The molecule has 0 bridgehead atoms. The third-order valence-corrected chi connectivity index (χ3v) is 2.17. The van der Waals surface area contributed by atoms with Gasteiger partial charge in [0.15, 0.2) is 6.29 Å². The molecule has 0 aromatic carbocycles. The lowest BCUT2D eigenvalue weighted by molar-refractivity contribution is -0.143. The van der Waals surface area contributed by atoms with E-state index in [0.717, 1.165) is 19.3 Å². The fourth-order valence-corrected chi connectivity index (χ4v) is 1.00. The minimum atomic E-state index is -1.10. The Morgan fingerprint density at radius 2 is 0.958 bits per heavy atom. The van der Waals surface area contributed by atoms with Crippen LogP contribution in [0.4, 0.5) is 0 Å². The molecule has 0 amide bonds. The molecule has 0 aliphatic rings. The van der Waals surface area contributed by atoms with Gasteiger partial charge in [-0.25, -0.2) is 0 Å². The molecule has 142 valence electrons. The standard InChI is InChI=1S/C6H14O2.2C4H6O4/c1-2-3-4-5-6(7)8;2*5-3(6)1-2-4(7)8/h6-8H,2-5H2,1H3;2*1-2H2,(H,5,6)(H,7,8). The molecule has 0 aliphatic heterocycles. The number of aliphatic hydroxyl groups is 2. The summed E-state index contributed by atoms with van der Waals surface area (Å²) < 4.78 is 0. The summed E-state index contributed by atoms with van der Waals surface area (Å²) in [4.78, 5) is 38.6. The molecule has 10 nitrogen and oxygen atoms in total. The van der Waals surface area contributed by atoms with Crippen LogP contribution in [0.3, 0.4) is 0 Å². The van der Waals surface area contributed by atoms with Gasteiger partial charge in [0.25, 0.3) is 0 Å². The van der Waals surface area contributed by atoms with Crippen molar-refractivity contribution >= 4 is 23.9 Å². The van der Waals surface area contributed by atoms with Crippen LogP contribution in [0.1, 0.15) is 58.3 Å². The first-order chi connectivity index (χ1) is 11.0. The van der Waals surface area contributed by atoms with E-state index >= 15 is 0 Å². The number of unbranched alkanes of at least 4 members (excludes halogenated alkanes) is 2. The maximum Gasteiger partial charge on any atom is 0.303 e. The van der Waals surface area contributed by atoms with Crippen LogP contribution in [0.5, 0.6) is 0 Å². The van der Waals surface area contributed by atoms with Crippen LogP contribution < -0.4 is 0 Å². The largest absolute Gasteiger partial charge is 0.481 e. The molecule has 6 N–H and O–H groups in total. The average Bonchev–Trinajstić information content (AvgIpc) is 2.44. The Hall–Kier alpha value is -2.20. The number of hydrogen-bond acceptors (Lipinski definition) is 6. The lowest BCUT2D eigenvalue weighted by Gasteiger charge is -1.99. The Labute approximate surface area is 139 Å². The number of aliphatic hydroxyl groups excluding tert-OH is 1. The van der Waals surface area contributed by atoms with Crippen molar-refractivity contribution in [3.63, 3.8) is 0 Å². The van der Waals surface area contributed by atoms with Gasteiger partial charge in [-0.15, -0.1) is 0 Å². The lowest BCUT2D eigenvalue weighted by Crippen LogP contribution is -2.02. The van der Waals surface area contributed by atoms with Gasteiger partial charge < -0.3 is 30.6 Å². The second-order valence-corrected chi connectivity index (χ2v) is 4.55. The molecule has 0 rings (SSSR count). The smallest absolute Gasteiger partial charge is 0.303 e. The molecule has 0 radical (unpaired) electrons. The molecular weight excluding hydrogens is 328 g/mol. The predicted octanol–water partition coefficient (Wildman–Crippen LogP) is 0.749. The summed E-state index contributed by atoms with van der Waals surface area (Å²) in [5.74, 6) is -4.31. The maximum absolute atomic E-state index is 9.64. The first-order valence-electron chi connectivity index (χ1n) is 7.26. The van der Waals surface area contributed by atoms with E-state index in [1.807, 2.05) is 0 Å². The van der Waals surface area contributed by atoms with Crippen molar-refractivity contribution in [1.82, 2.24) is 0 Å². The zero-order chi connectivity index (χ0) is 19.5. The highest BCUT2D eigenvalue weighted by Gasteiger charge is 2.01. The normalized spacial score (nSPS) is 9.17. The number of rotatable bonds is 10. The summed E-state index contributed by atoms with van der Waals surface area (Å²) in [6, 6.07) is 0. The van der Waals surface area contributed by atoms with Crippen molar-refractivity contribution in [2.75, 3.05) is 0 Å². The van der Waals surface area contributed by atoms with Crippen LogP contribution in [0, 0.1) is 0 Å². The van der Waals surface area contributed by atoms with Crippen LogP contribution in [0.15, 0.2) is 0 Å². The van der Waals surface area contributed by atoms with Crippen molar-refractivity contribution in [2.24, 2.45) is 0 Å². The van der Waals surface area contributed by atoms with Crippen LogP contribution in [0.25, 0.3) is 0 Å². The summed E-state index contributed by atoms with van der Waals surface area (Å²) in [6.45, 7) is 2.09. The summed E-state index contributed by atoms with van der Waals surface area (Å²) in [6.07, 6.45) is 1.39. The van der Waals surface area contributed by atoms with Crippen LogP contribution in [0.2, 0.25) is 0 Å². The third kappa shape index (κ3) is 42.7. The molecular formula is C14H26O10. The number of carbonyl (C=O) groups is 4. The Bertz CT molecular complexity index is 309. The highest BCUT2D eigenvalue weighted by Crippen LogP contribution is 1.99. The molecule has 0 fully saturated rings. The average molecular weight is 354 g/mol. The molecule has 0 heterocycles. The van der Waals surface area contributed by atoms with E-state index in [9.17, 15) is 19.2 Å². The van der Waals surface area contributed by atoms with Gasteiger partial charge in [-0.1, -0.05) is 19.8 Å². The molecule has 0 spiro atoms. The number of carboxylic acid groups (broad SMARTS) is 4. The molecule has 10 heteroatoms. The van der Waals surface area contributed by atoms with E-state index in [-0.39, 0.29) is 25.7 Å². The van der Waals surface area contributed by atoms with Gasteiger partial charge in [0, 0.05) is 0 Å². The highest BCUT2D eigenvalue weighted by atomic mass is 16.5. The second-order valence-electron chi connectivity index (χ2n) is 4.55. The molecule has 0 aromatic heterocycles. The molecule has 0 unspecified atom stereocenters. The Kier molecular flexibility index (Phi) is 21.0. The van der Waals surface area contributed by atoms with Crippen LogP contribution in [-0.2, 0) is 19.2 Å². The van der Waals surface area contributed by atoms with Gasteiger partial charge in [0.05, 0.1) is 25.7 Å². The van der Waals surface area contributed by atoms with E-state index in [2.05, 4.69) is 6.92 Å². The Balaban J connectivity index is -0.000000276. The van der Waals surface area contributed by atoms with E-state index in [1.54, 1.807) is 0 Å². The van der Waals surface area contributed by atoms with Gasteiger partial charge >= 0.3 is 23.9 Å². The molecule has 0 atom stereocenters. The van der Waals surface area contributed by atoms with Gasteiger partial charge in [-0.05, 0) is 12.8 Å². The predicted molar refractivity (Wildman–Crippen MR) is 81.4 cm³/mol. The first kappa shape index (κ1) is 26.7. The van der Waals surface area contributed by atoms with Crippen molar-refractivity contribution < 1.29 is 49.8 Å². The summed E-state index contributed by atoms with van der Waals surface area (Å²) in [7, 11) is 0. The zero-order valence-corrected chi connectivity index (χ0v) is 13.6. The number of carboxylic acids is 4. The lowest BCUT2D eigenvalue weighted by atomic mass is 10.2. The van der Waals surface area contributed by atoms with Gasteiger partial charge in [-0.3, -0.25) is 19.2 Å². The molecule has 0 aromatic rings. The van der Waals surface area contributed by atoms with Gasteiger partial charge in [0.1, 0.15) is 0 Å². The van der Waals surface area contributed by atoms with E-state index in [4.69, 9.17) is 30.6 Å². The van der Waals surface area contributed by atoms with E-state index in [0.29, 0.717) is 6.42 Å². The summed E-state index contributed by atoms with van der Waals surface area (Å²) in [5.41, 5.74) is 0. The molecule has 0 saturated carbocycles. The fraction of sp³-hybridized carbons (Fsp3) is 0.714. The van der Waals surface area contributed by atoms with Crippen molar-refractivity contribution in [3.05, 3.63) is 0 Å². The molecule has 0 saturated heterocycles. The van der Waals surface area contributed by atoms with Crippen molar-refractivity contribution in [2.45, 2.75) is 64.6 Å². The van der Waals surface area contributed by atoms with Gasteiger partial charge in [-0.2, -0.15) is 0 Å². The number of hydrogen-bond donors (Lipinski definition) is 6. The first-order valence-corrected chi connectivity index (χ1v) is 7.26. The topological polar surface area (TPSA) is 190 Å². The Morgan fingerprint density at radius 1 is 0.667 bits per heavy atom. The minimum Gasteiger partial charge on any atom is -0.481 e. The minimum absolute atomic E-state index is 0.296. The van der Waals surface area contributed by atoms with E-state index in [1.165, 1.54) is 0 Å². The quantitative estimate of drug-likeness (QED) is 0.241. The van der Waals surface area contributed by atoms with Crippen LogP contribution in [-0.4, -0.2) is 60.8 Å². The van der Waals surface area contributed by atoms with Crippen LogP contribution >= 0.6 is 0 Å². The van der Waals surface area contributed by atoms with Gasteiger partial charge in [0.2, 0.25) is 0 Å². The monoisotopic (exact) mass is 354 g/mol. The molecule has 0 aliphatic carbocycles. The van der Waals surface area contributed by atoms with Crippen molar-refractivity contribution in [1.29, 1.82) is 0 Å². The second kappa shape index (κ2) is 18.8. The number of aliphatic carboxylic acids is 4. The molecule has 24 heavy (non-hydrogen) atoms. The maximum atomic E-state index is 9.64. The third-order valence-electron chi connectivity index (χ3n) is 2.17. The fourth-order valence-electron chi connectivity index (χ4n) is 1.00. The highest BCUT2D eigenvalue weighted by molar-refractivity contribution is 5.75. The zero-order valence-electron chi connectivity index (χ0n) is 13.6. The van der Waals surface area contributed by atoms with Crippen molar-refractivity contribution in [3.8, 4) is 0 Å². The summed E-state index contributed by atoms with van der Waals surface area (Å²) >= 11 is 0. The van der Waals surface area contributed by atoms with E-state index < -0.39 is 30.2 Å². The summed E-state index contributed by atoms with van der Waals surface area (Å²) in [5, 5.41) is 48.3.